The summed E-state index contributed by atoms with van der Waals surface area (Å²) in [6.45, 7) is 2.09. The molecule has 76 valence electrons. The van der Waals surface area contributed by atoms with Gasteiger partial charge in [-0.3, -0.25) is 0 Å². The normalized spacial score (nSPS) is 50.0. The second-order valence-electron chi connectivity index (χ2n) is 4.79. The Bertz CT molecular complexity index is 333. The summed E-state index contributed by atoms with van der Waals surface area (Å²) in [4.78, 5) is 11.5. The Morgan fingerprint density at radius 1 is 1.57 bits per heavy atom. The van der Waals surface area contributed by atoms with Crippen LogP contribution in [0.2, 0.25) is 0 Å². The summed E-state index contributed by atoms with van der Waals surface area (Å²) < 4.78 is 5.19. The molecule has 1 saturated carbocycles. The maximum absolute atomic E-state index is 11.5. The van der Waals surface area contributed by atoms with Gasteiger partial charge in [-0.25, -0.2) is 4.79 Å². The number of hydrogen-bond acceptors (Lipinski definition) is 3. The first-order valence-electron chi connectivity index (χ1n) is 5.28. The van der Waals surface area contributed by atoms with Crippen molar-refractivity contribution in [2.75, 3.05) is 0 Å². The molecule has 0 aromatic carbocycles. The summed E-state index contributed by atoms with van der Waals surface area (Å²) in [5.74, 6) is 0.322. The molecule has 14 heavy (non-hydrogen) atoms. The van der Waals surface area contributed by atoms with Crippen molar-refractivity contribution >= 4 is 5.97 Å². The van der Waals surface area contributed by atoms with Gasteiger partial charge in [-0.05, 0) is 31.1 Å². The maximum atomic E-state index is 11.5. The zero-order valence-electron chi connectivity index (χ0n) is 8.19. The Morgan fingerprint density at radius 2 is 2.36 bits per heavy atom. The topological polar surface area (TPSA) is 46.5 Å². The first-order chi connectivity index (χ1) is 6.62. The lowest BCUT2D eigenvalue weighted by molar-refractivity contribution is -0.140. The molecule has 3 unspecified atom stereocenters. The first kappa shape index (κ1) is 8.48. The number of allylic oxidation sites excluding steroid dienone is 1. The van der Waals surface area contributed by atoms with E-state index in [-0.39, 0.29) is 18.0 Å². The molecular weight excluding hydrogens is 180 g/mol. The van der Waals surface area contributed by atoms with Crippen molar-refractivity contribution in [3.63, 3.8) is 0 Å². The van der Waals surface area contributed by atoms with Crippen molar-refractivity contribution in [2.24, 2.45) is 11.8 Å². The highest BCUT2D eigenvalue weighted by Gasteiger charge is 2.61. The van der Waals surface area contributed by atoms with Crippen LogP contribution in [0.3, 0.4) is 0 Å². The van der Waals surface area contributed by atoms with Gasteiger partial charge < -0.3 is 9.84 Å². The fourth-order valence-electron chi connectivity index (χ4n) is 3.25. The van der Waals surface area contributed by atoms with Crippen LogP contribution in [0.5, 0.6) is 0 Å². The fraction of sp³-hybridized carbons (Fsp3) is 0.727. The standard InChI is InChI=1S/C11H14O3/c1-6-4-7-2-3-9-11(7,13)8(5-6)10(12)14-9/h5-7,9,13H,2-4H2,1H3/t6?,7?,9?,11-/m0/s1. The largest absolute Gasteiger partial charge is 0.455 e. The van der Waals surface area contributed by atoms with Gasteiger partial charge in [0.05, 0.1) is 5.57 Å². The summed E-state index contributed by atoms with van der Waals surface area (Å²) in [7, 11) is 0. The van der Waals surface area contributed by atoms with Crippen molar-refractivity contribution in [1.82, 2.24) is 0 Å². The van der Waals surface area contributed by atoms with Crippen molar-refractivity contribution < 1.29 is 14.6 Å². The average molecular weight is 194 g/mol. The van der Waals surface area contributed by atoms with E-state index in [0.29, 0.717) is 11.5 Å². The van der Waals surface area contributed by atoms with Crippen molar-refractivity contribution in [3.8, 4) is 0 Å². The monoisotopic (exact) mass is 194 g/mol. The highest BCUT2D eigenvalue weighted by Crippen LogP contribution is 2.52. The smallest absolute Gasteiger partial charge is 0.337 e. The number of esters is 1. The lowest BCUT2D eigenvalue weighted by Gasteiger charge is -2.33. The molecule has 1 heterocycles. The average Bonchev–Trinajstić information content (AvgIpc) is 2.55. The number of carbonyl (C=O) groups excluding carboxylic acids is 1. The van der Waals surface area contributed by atoms with Crippen molar-refractivity contribution in [1.29, 1.82) is 0 Å². The minimum atomic E-state index is -0.941. The van der Waals surface area contributed by atoms with Gasteiger partial charge in [0.25, 0.3) is 0 Å². The molecular formula is C11H14O3. The van der Waals surface area contributed by atoms with Crippen molar-refractivity contribution in [2.45, 2.75) is 37.9 Å². The van der Waals surface area contributed by atoms with E-state index in [2.05, 4.69) is 6.92 Å². The van der Waals surface area contributed by atoms with Crippen LogP contribution in [0.15, 0.2) is 11.6 Å². The molecule has 0 radical (unpaired) electrons. The summed E-state index contributed by atoms with van der Waals surface area (Å²) in [6, 6.07) is 0. The van der Waals surface area contributed by atoms with Crippen LogP contribution in [-0.2, 0) is 9.53 Å². The Hall–Kier alpha value is -0.830. The summed E-state index contributed by atoms with van der Waals surface area (Å²) in [5.41, 5.74) is -0.410. The van der Waals surface area contributed by atoms with Crippen LogP contribution in [0.1, 0.15) is 26.2 Å². The van der Waals surface area contributed by atoms with Crippen LogP contribution >= 0.6 is 0 Å². The Labute approximate surface area is 82.8 Å². The van der Waals surface area contributed by atoms with Gasteiger partial charge in [0.15, 0.2) is 0 Å². The molecule has 2 aliphatic carbocycles. The third-order valence-electron chi connectivity index (χ3n) is 3.90. The third kappa shape index (κ3) is 0.793. The fourth-order valence-corrected chi connectivity index (χ4v) is 3.25. The summed E-state index contributed by atoms with van der Waals surface area (Å²) >= 11 is 0. The van der Waals surface area contributed by atoms with Gasteiger partial charge in [-0.1, -0.05) is 13.0 Å². The molecule has 2 fully saturated rings. The van der Waals surface area contributed by atoms with Gasteiger partial charge >= 0.3 is 5.97 Å². The SMILES string of the molecule is CC1C=C2C(=O)OC3CCC(C1)[C@]23O. The van der Waals surface area contributed by atoms with E-state index in [4.69, 9.17) is 4.74 Å². The second-order valence-corrected chi connectivity index (χ2v) is 4.79. The zero-order valence-corrected chi connectivity index (χ0v) is 8.19. The van der Waals surface area contributed by atoms with E-state index in [0.717, 1.165) is 19.3 Å². The Morgan fingerprint density at radius 3 is 3.14 bits per heavy atom. The van der Waals surface area contributed by atoms with Gasteiger partial charge in [0, 0.05) is 0 Å². The molecule has 0 aromatic heterocycles. The molecule has 3 rings (SSSR count). The molecule has 0 bridgehead atoms. The van der Waals surface area contributed by atoms with E-state index < -0.39 is 5.60 Å². The molecule has 1 N–H and O–H groups in total. The van der Waals surface area contributed by atoms with Crippen molar-refractivity contribution in [3.05, 3.63) is 11.6 Å². The van der Waals surface area contributed by atoms with Crippen LogP contribution in [-0.4, -0.2) is 22.8 Å². The molecule has 1 saturated heterocycles. The number of aliphatic hydroxyl groups is 1. The zero-order chi connectivity index (χ0) is 9.92. The minimum absolute atomic E-state index is 0.231. The minimum Gasteiger partial charge on any atom is -0.455 e. The molecule has 3 aliphatic rings. The second kappa shape index (κ2) is 2.40. The lowest BCUT2D eigenvalue weighted by Crippen LogP contribution is -2.43. The number of ether oxygens (including phenoxy) is 1. The predicted octanol–water partition coefficient (Wildman–Crippen LogP) is 1.02. The van der Waals surface area contributed by atoms with Crippen LogP contribution in [0.4, 0.5) is 0 Å². The highest BCUT2D eigenvalue weighted by molar-refractivity contribution is 5.94. The maximum Gasteiger partial charge on any atom is 0.337 e. The molecule has 4 atom stereocenters. The summed E-state index contributed by atoms with van der Waals surface area (Å²) in [6.07, 6.45) is 4.41. The Kier molecular flexibility index (Phi) is 1.45. The highest BCUT2D eigenvalue weighted by atomic mass is 16.6. The number of hydrogen-bond donors (Lipinski definition) is 1. The van der Waals surface area contributed by atoms with E-state index in [1.807, 2.05) is 6.08 Å². The first-order valence-corrected chi connectivity index (χ1v) is 5.28. The molecule has 3 heteroatoms. The van der Waals surface area contributed by atoms with Gasteiger partial charge in [-0.15, -0.1) is 0 Å². The van der Waals surface area contributed by atoms with E-state index in [9.17, 15) is 9.90 Å². The Balaban J connectivity index is 2.14. The van der Waals surface area contributed by atoms with Crippen LogP contribution in [0, 0.1) is 11.8 Å². The van der Waals surface area contributed by atoms with E-state index in [1.54, 1.807) is 0 Å². The molecule has 0 spiro atoms. The van der Waals surface area contributed by atoms with Crippen LogP contribution < -0.4 is 0 Å². The molecule has 0 aromatic rings. The quantitative estimate of drug-likeness (QED) is 0.586. The van der Waals surface area contributed by atoms with Crippen LogP contribution in [0.25, 0.3) is 0 Å². The molecule has 0 amide bonds. The van der Waals surface area contributed by atoms with Gasteiger partial charge in [0.2, 0.25) is 0 Å². The van der Waals surface area contributed by atoms with Gasteiger partial charge in [-0.2, -0.15) is 0 Å². The third-order valence-corrected chi connectivity index (χ3v) is 3.90. The number of carbonyl (C=O) groups is 1. The van der Waals surface area contributed by atoms with E-state index in [1.165, 1.54) is 0 Å². The summed E-state index contributed by atoms with van der Waals surface area (Å²) in [5, 5.41) is 10.5. The number of rotatable bonds is 0. The lowest BCUT2D eigenvalue weighted by atomic mass is 9.73. The predicted molar refractivity (Wildman–Crippen MR) is 49.4 cm³/mol. The van der Waals surface area contributed by atoms with Gasteiger partial charge in [0.1, 0.15) is 11.7 Å². The van der Waals surface area contributed by atoms with E-state index >= 15 is 0 Å². The molecule has 1 aliphatic heterocycles. The molecule has 3 nitrogen and oxygen atoms in total.